The number of benzene rings is 2. The van der Waals surface area contributed by atoms with E-state index in [2.05, 4.69) is 5.32 Å². The maximum absolute atomic E-state index is 12.2. The normalized spacial score (nSPS) is 12.9. The van der Waals surface area contributed by atoms with Crippen LogP contribution in [0, 0.1) is 10.1 Å². The SMILES string of the molecule is CN1C(=O)c2ccc(C(=O)NCc3ccc([N+](=O)[O-])cc3)cc2C1=O. The average Bonchev–Trinajstić information content (AvgIpc) is 2.84. The number of rotatable bonds is 4. The third kappa shape index (κ3) is 2.97. The van der Waals surface area contributed by atoms with E-state index in [4.69, 9.17) is 0 Å². The van der Waals surface area contributed by atoms with E-state index in [9.17, 15) is 24.5 Å². The molecule has 0 saturated heterocycles. The topological polar surface area (TPSA) is 110 Å². The van der Waals surface area contributed by atoms with E-state index >= 15 is 0 Å². The third-order valence-electron chi connectivity index (χ3n) is 3.95. The molecule has 25 heavy (non-hydrogen) atoms. The van der Waals surface area contributed by atoms with Crippen molar-refractivity contribution in [3.63, 3.8) is 0 Å². The second-order valence-electron chi connectivity index (χ2n) is 5.54. The van der Waals surface area contributed by atoms with Crippen molar-refractivity contribution in [3.05, 3.63) is 74.8 Å². The Labute approximate surface area is 142 Å². The summed E-state index contributed by atoms with van der Waals surface area (Å²) in [5.41, 5.74) is 1.42. The first-order valence-corrected chi connectivity index (χ1v) is 7.36. The summed E-state index contributed by atoms with van der Waals surface area (Å²) in [7, 11) is 1.39. The van der Waals surface area contributed by atoms with Gasteiger partial charge in [-0.25, -0.2) is 0 Å². The summed E-state index contributed by atoms with van der Waals surface area (Å²) in [5, 5.41) is 13.3. The van der Waals surface area contributed by atoms with Crippen LogP contribution in [0.15, 0.2) is 42.5 Å². The Kier molecular flexibility index (Phi) is 4.02. The number of fused-ring (bicyclic) bond motifs is 1. The van der Waals surface area contributed by atoms with Crippen molar-refractivity contribution in [1.82, 2.24) is 10.2 Å². The molecule has 8 nitrogen and oxygen atoms in total. The molecule has 1 heterocycles. The first kappa shape index (κ1) is 16.3. The molecule has 1 aliphatic heterocycles. The van der Waals surface area contributed by atoms with Crippen molar-refractivity contribution in [1.29, 1.82) is 0 Å². The van der Waals surface area contributed by atoms with Gasteiger partial charge in [-0.3, -0.25) is 29.4 Å². The van der Waals surface area contributed by atoms with Gasteiger partial charge in [-0.2, -0.15) is 0 Å². The van der Waals surface area contributed by atoms with E-state index in [-0.39, 0.29) is 28.9 Å². The van der Waals surface area contributed by atoms with Crippen LogP contribution >= 0.6 is 0 Å². The highest BCUT2D eigenvalue weighted by molar-refractivity contribution is 6.21. The van der Waals surface area contributed by atoms with Crippen molar-refractivity contribution >= 4 is 23.4 Å². The van der Waals surface area contributed by atoms with Crippen molar-refractivity contribution in [2.75, 3.05) is 7.05 Å². The molecule has 0 radical (unpaired) electrons. The molecule has 1 N–H and O–H groups in total. The lowest BCUT2D eigenvalue weighted by Crippen LogP contribution is -2.24. The predicted molar refractivity (Wildman–Crippen MR) is 87.1 cm³/mol. The first-order valence-electron chi connectivity index (χ1n) is 7.36. The molecular weight excluding hydrogens is 326 g/mol. The highest BCUT2D eigenvalue weighted by Crippen LogP contribution is 2.22. The van der Waals surface area contributed by atoms with Crippen LogP contribution in [0.4, 0.5) is 5.69 Å². The zero-order chi connectivity index (χ0) is 18.1. The first-order chi connectivity index (χ1) is 11.9. The van der Waals surface area contributed by atoms with Crippen molar-refractivity contribution in [2.45, 2.75) is 6.54 Å². The fourth-order valence-corrected chi connectivity index (χ4v) is 2.52. The van der Waals surface area contributed by atoms with Gasteiger partial charge >= 0.3 is 0 Å². The summed E-state index contributed by atoms with van der Waals surface area (Å²) < 4.78 is 0. The molecule has 3 rings (SSSR count). The molecule has 2 aromatic rings. The lowest BCUT2D eigenvalue weighted by molar-refractivity contribution is -0.384. The highest BCUT2D eigenvalue weighted by atomic mass is 16.6. The van der Waals surface area contributed by atoms with Gasteiger partial charge in [-0.15, -0.1) is 0 Å². The van der Waals surface area contributed by atoms with Gasteiger partial charge in [0.05, 0.1) is 16.1 Å². The van der Waals surface area contributed by atoms with Gasteiger partial charge in [-0.1, -0.05) is 12.1 Å². The molecule has 0 spiro atoms. The average molecular weight is 339 g/mol. The predicted octanol–water partition coefficient (Wildman–Crippen LogP) is 1.75. The number of hydrogen-bond donors (Lipinski definition) is 1. The van der Waals surface area contributed by atoms with Gasteiger partial charge < -0.3 is 5.32 Å². The molecule has 0 aliphatic carbocycles. The van der Waals surface area contributed by atoms with Crippen LogP contribution in [-0.4, -0.2) is 34.6 Å². The number of carbonyl (C=O) groups excluding carboxylic acids is 3. The van der Waals surface area contributed by atoms with E-state index in [0.29, 0.717) is 5.56 Å². The maximum atomic E-state index is 12.2. The number of nitro benzene ring substituents is 1. The van der Waals surface area contributed by atoms with E-state index < -0.39 is 22.6 Å². The van der Waals surface area contributed by atoms with Crippen LogP contribution < -0.4 is 5.32 Å². The van der Waals surface area contributed by atoms with Crippen LogP contribution in [0.3, 0.4) is 0 Å². The van der Waals surface area contributed by atoms with Crippen LogP contribution in [0.25, 0.3) is 0 Å². The molecule has 0 fully saturated rings. The molecule has 0 bridgehead atoms. The van der Waals surface area contributed by atoms with Gasteiger partial charge in [0.25, 0.3) is 23.4 Å². The van der Waals surface area contributed by atoms with Crippen molar-refractivity contribution in [3.8, 4) is 0 Å². The number of nitrogens with one attached hydrogen (secondary N) is 1. The number of imide groups is 1. The Balaban J connectivity index is 1.71. The monoisotopic (exact) mass is 339 g/mol. The summed E-state index contributed by atoms with van der Waals surface area (Å²) >= 11 is 0. The number of hydrogen-bond acceptors (Lipinski definition) is 5. The van der Waals surface area contributed by atoms with E-state index in [1.54, 1.807) is 12.1 Å². The zero-order valence-electron chi connectivity index (χ0n) is 13.2. The maximum Gasteiger partial charge on any atom is 0.269 e. The lowest BCUT2D eigenvalue weighted by Gasteiger charge is -2.06. The Morgan fingerprint density at radius 1 is 1.08 bits per heavy atom. The van der Waals surface area contributed by atoms with Crippen LogP contribution in [-0.2, 0) is 6.54 Å². The van der Waals surface area contributed by atoms with Crippen LogP contribution in [0.2, 0.25) is 0 Å². The standard InChI is InChI=1S/C17H13N3O5/c1-19-16(22)13-7-4-11(8-14(13)17(19)23)15(21)18-9-10-2-5-12(6-3-10)20(24)25/h2-8H,9H2,1H3,(H,18,21). The fraction of sp³-hybridized carbons (Fsp3) is 0.118. The number of carbonyl (C=O) groups is 3. The minimum absolute atomic E-state index is 0.0269. The molecule has 3 amide bonds. The largest absolute Gasteiger partial charge is 0.348 e. The van der Waals surface area contributed by atoms with Gasteiger partial charge in [0, 0.05) is 31.3 Å². The number of non-ortho nitro benzene ring substituents is 1. The second-order valence-corrected chi connectivity index (χ2v) is 5.54. The Morgan fingerprint density at radius 2 is 1.72 bits per heavy atom. The number of nitrogens with zero attached hydrogens (tertiary/aromatic N) is 2. The Morgan fingerprint density at radius 3 is 2.36 bits per heavy atom. The van der Waals surface area contributed by atoms with Crippen LogP contribution in [0.1, 0.15) is 36.6 Å². The quantitative estimate of drug-likeness (QED) is 0.518. The number of nitro groups is 1. The minimum Gasteiger partial charge on any atom is -0.348 e. The molecule has 0 atom stereocenters. The summed E-state index contributed by atoms with van der Waals surface area (Å²) in [6, 6.07) is 10.2. The summed E-state index contributed by atoms with van der Waals surface area (Å²) in [6.07, 6.45) is 0. The molecule has 0 unspecified atom stereocenters. The van der Waals surface area contributed by atoms with Crippen LogP contribution in [0.5, 0.6) is 0 Å². The summed E-state index contributed by atoms with van der Waals surface area (Å²) in [5.74, 6) is -1.24. The summed E-state index contributed by atoms with van der Waals surface area (Å²) in [4.78, 5) is 47.1. The Hall–Kier alpha value is -3.55. The zero-order valence-corrected chi connectivity index (χ0v) is 13.2. The molecule has 0 aromatic heterocycles. The Bertz CT molecular complexity index is 905. The second kappa shape index (κ2) is 6.16. The smallest absolute Gasteiger partial charge is 0.269 e. The van der Waals surface area contributed by atoms with Crippen molar-refractivity contribution < 1.29 is 19.3 Å². The summed E-state index contributed by atoms with van der Waals surface area (Å²) in [6.45, 7) is 0.181. The van der Waals surface area contributed by atoms with Gasteiger partial charge in [0.15, 0.2) is 0 Å². The molecular formula is C17H13N3O5. The molecule has 8 heteroatoms. The highest BCUT2D eigenvalue weighted by Gasteiger charge is 2.33. The van der Waals surface area contributed by atoms with Gasteiger partial charge in [0.2, 0.25) is 0 Å². The van der Waals surface area contributed by atoms with Gasteiger partial charge in [0.1, 0.15) is 0 Å². The molecule has 126 valence electrons. The van der Waals surface area contributed by atoms with E-state index in [1.807, 2.05) is 0 Å². The minimum atomic E-state index is -0.498. The van der Waals surface area contributed by atoms with Gasteiger partial charge in [-0.05, 0) is 23.8 Å². The molecule has 2 aromatic carbocycles. The lowest BCUT2D eigenvalue weighted by atomic mass is 10.1. The fourth-order valence-electron chi connectivity index (χ4n) is 2.52. The van der Waals surface area contributed by atoms with E-state index in [0.717, 1.165) is 4.90 Å². The molecule has 0 saturated carbocycles. The number of amides is 3. The molecule has 1 aliphatic rings. The van der Waals surface area contributed by atoms with E-state index in [1.165, 1.54) is 37.4 Å². The van der Waals surface area contributed by atoms with Crippen molar-refractivity contribution in [2.24, 2.45) is 0 Å². The third-order valence-corrected chi connectivity index (χ3v) is 3.95.